The SMILES string of the molecule is COC(=O)C(Cc1ccccc1)NC(=O)c1cc(OC)c(OC)cc1OC. The summed E-state index contributed by atoms with van der Waals surface area (Å²) in [6.45, 7) is 0. The number of hydrogen-bond donors (Lipinski definition) is 1. The molecule has 0 saturated heterocycles. The molecule has 27 heavy (non-hydrogen) atoms. The molecule has 1 atom stereocenters. The van der Waals surface area contributed by atoms with Gasteiger partial charge >= 0.3 is 5.97 Å². The van der Waals surface area contributed by atoms with Gasteiger partial charge in [0.15, 0.2) is 11.5 Å². The topological polar surface area (TPSA) is 83.1 Å². The van der Waals surface area contributed by atoms with Crippen molar-refractivity contribution in [3.63, 3.8) is 0 Å². The standard InChI is InChI=1S/C20H23NO6/c1-24-16-12-18(26-3)17(25-2)11-14(16)19(22)21-15(20(23)27-4)10-13-8-6-5-7-9-13/h5-9,11-12,15H,10H2,1-4H3,(H,21,22). The Balaban J connectivity index is 2.30. The molecule has 0 aliphatic rings. The van der Waals surface area contributed by atoms with Gasteiger partial charge in [0.05, 0.1) is 34.0 Å². The van der Waals surface area contributed by atoms with Crippen molar-refractivity contribution in [1.82, 2.24) is 5.32 Å². The lowest BCUT2D eigenvalue weighted by atomic mass is 10.0. The van der Waals surface area contributed by atoms with E-state index in [1.807, 2.05) is 30.3 Å². The Morgan fingerprint density at radius 3 is 2.04 bits per heavy atom. The number of benzene rings is 2. The number of ether oxygens (including phenoxy) is 4. The van der Waals surface area contributed by atoms with Gasteiger partial charge in [-0.05, 0) is 5.56 Å². The first-order valence-corrected chi connectivity index (χ1v) is 8.26. The Hall–Kier alpha value is -3.22. The minimum absolute atomic E-state index is 0.220. The van der Waals surface area contributed by atoms with Crippen molar-refractivity contribution >= 4 is 11.9 Å². The molecule has 0 aliphatic carbocycles. The third kappa shape index (κ3) is 4.91. The van der Waals surface area contributed by atoms with Gasteiger partial charge in [0, 0.05) is 18.6 Å². The maximum absolute atomic E-state index is 12.8. The van der Waals surface area contributed by atoms with Crippen molar-refractivity contribution in [3.8, 4) is 17.2 Å². The Morgan fingerprint density at radius 2 is 1.48 bits per heavy atom. The fourth-order valence-electron chi connectivity index (χ4n) is 2.63. The van der Waals surface area contributed by atoms with E-state index in [4.69, 9.17) is 18.9 Å². The highest BCUT2D eigenvalue weighted by atomic mass is 16.5. The fraction of sp³-hybridized carbons (Fsp3) is 0.300. The Morgan fingerprint density at radius 1 is 0.889 bits per heavy atom. The normalized spacial score (nSPS) is 11.3. The van der Waals surface area contributed by atoms with Crippen molar-refractivity contribution in [3.05, 3.63) is 53.6 Å². The number of carbonyl (C=O) groups excluding carboxylic acids is 2. The average molecular weight is 373 g/mol. The molecule has 1 amide bonds. The highest BCUT2D eigenvalue weighted by Crippen LogP contribution is 2.34. The Kier molecular flexibility index (Phi) is 7.05. The first-order valence-electron chi connectivity index (χ1n) is 8.26. The van der Waals surface area contributed by atoms with Crippen molar-refractivity contribution in [2.75, 3.05) is 28.4 Å². The van der Waals surface area contributed by atoms with Crippen LogP contribution in [0.3, 0.4) is 0 Å². The molecule has 0 spiro atoms. The lowest BCUT2D eigenvalue weighted by Gasteiger charge is -2.18. The largest absolute Gasteiger partial charge is 0.496 e. The smallest absolute Gasteiger partial charge is 0.328 e. The molecule has 2 rings (SSSR count). The summed E-state index contributed by atoms with van der Waals surface area (Å²) in [5, 5.41) is 2.71. The van der Waals surface area contributed by atoms with Crippen molar-refractivity contribution < 1.29 is 28.5 Å². The number of esters is 1. The number of nitrogens with one attached hydrogen (secondary N) is 1. The van der Waals surface area contributed by atoms with Crippen LogP contribution in [0, 0.1) is 0 Å². The second-order valence-corrected chi connectivity index (χ2v) is 5.65. The van der Waals surface area contributed by atoms with Crippen LogP contribution in [-0.2, 0) is 16.0 Å². The molecule has 0 heterocycles. The highest BCUT2D eigenvalue weighted by molar-refractivity contribution is 5.99. The summed E-state index contributed by atoms with van der Waals surface area (Å²) in [6, 6.07) is 11.6. The fourth-order valence-corrected chi connectivity index (χ4v) is 2.63. The number of carbonyl (C=O) groups is 2. The maximum Gasteiger partial charge on any atom is 0.328 e. The number of rotatable bonds is 8. The zero-order valence-corrected chi connectivity index (χ0v) is 15.8. The lowest BCUT2D eigenvalue weighted by molar-refractivity contribution is -0.142. The first-order chi connectivity index (χ1) is 13.0. The molecule has 7 heteroatoms. The van der Waals surface area contributed by atoms with Crippen molar-refractivity contribution in [2.24, 2.45) is 0 Å². The van der Waals surface area contributed by atoms with E-state index in [0.717, 1.165) is 5.56 Å². The van der Waals surface area contributed by atoms with Crippen LogP contribution in [0.4, 0.5) is 0 Å². The van der Waals surface area contributed by atoms with Crippen molar-refractivity contribution in [1.29, 1.82) is 0 Å². The van der Waals surface area contributed by atoms with Crippen LogP contribution in [0.25, 0.3) is 0 Å². The predicted octanol–water partition coefficient (Wildman–Crippen LogP) is 2.23. The molecule has 0 saturated carbocycles. The molecule has 2 aromatic carbocycles. The number of amides is 1. The van der Waals surface area contributed by atoms with Gasteiger partial charge in [-0.2, -0.15) is 0 Å². The Bertz CT molecular complexity index is 791. The van der Waals surface area contributed by atoms with E-state index in [1.54, 1.807) is 6.07 Å². The van der Waals surface area contributed by atoms with Gasteiger partial charge in [0.2, 0.25) is 0 Å². The van der Waals surface area contributed by atoms with Crippen LogP contribution < -0.4 is 19.5 Å². The van der Waals surface area contributed by atoms with Crippen LogP contribution in [0.1, 0.15) is 15.9 Å². The minimum Gasteiger partial charge on any atom is -0.496 e. The van der Waals surface area contributed by atoms with Gasteiger partial charge in [-0.25, -0.2) is 4.79 Å². The zero-order chi connectivity index (χ0) is 19.8. The Labute approximate surface area is 158 Å². The van der Waals surface area contributed by atoms with E-state index < -0.39 is 17.9 Å². The minimum atomic E-state index is -0.845. The van der Waals surface area contributed by atoms with Gasteiger partial charge in [0.25, 0.3) is 5.91 Å². The van der Waals surface area contributed by atoms with E-state index in [9.17, 15) is 9.59 Å². The van der Waals surface area contributed by atoms with E-state index in [-0.39, 0.29) is 5.56 Å². The van der Waals surface area contributed by atoms with Gasteiger partial charge in [-0.1, -0.05) is 30.3 Å². The van der Waals surface area contributed by atoms with Gasteiger partial charge < -0.3 is 24.3 Å². The maximum atomic E-state index is 12.8. The zero-order valence-electron chi connectivity index (χ0n) is 15.8. The molecule has 0 aromatic heterocycles. The second kappa shape index (κ2) is 9.47. The third-order valence-corrected chi connectivity index (χ3v) is 4.02. The van der Waals surface area contributed by atoms with Gasteiger partial charge in [-0.15, -0.1) is 0 Å². The van der Waals surface area contributed by atoms with Crippen LogP contribution in [-0.4, -0.2) is 46.4 Å². The highest BCUT2D eigenvalue weighted by Gasteiger charge is 2.25. The van der Waals surface area contributed by atoms with E-state index in [2.05, 4.69) is 5.32 Å². The summed E-state index contributed by atoms with van der Waals surface area (Å²) in [5.41, 5.74) is 1.12. The molecule has 2 aromatic rings. The molecule has 1 unspecified atom stereocenters. The summed E-state index contributed by atoms with van der Waals surface area (Å²) >= 11 is 0. The monoisotopic (exact) mass is 373 g/mol. The predicted molar refractivity (Wildman–Crippen MR) is 99.5 cm³/mol. The summed E-state index contributed by atoms with van der Waals surface area (Å²) in [7, 11) is 5.69. The molecule has 0 fully saturated rings. The van der Waals surface area contributed by atoms with Gasteiger partial charge in [-0.3, -0.25) is 4.79 Å². The number of methoxy groups -OCH3 is 4. The van der Waals surface area contributed by atoms with Crippen LogP contribution >= 0.6 is 0 Å². The van der Waals surface area contributed by atoms with E-state index in [1.165, 1.54) is 34.5 Å². The van der Waals surface area contributed by atoms with E-state index in [0.29, 0.717) is 23.7 Å². The molecular weight excluding hydrogens is 350 g/mol. The quantitative estimate of drug-likeness (QED) is 0.715. The van der Waals surface area contributed by atoms with Crippen LogP contribution in [0.5, 0.6) is 17.2 Å². The number of hydrogen-bond acceptors (Lipinski definition) is 6. The van der Waals surface area contributed by atoms with Crippen LogP contribution in [0.2, 0.25) is 0 Å². The summed E-state index contributed by atoms with van der Waals surface area (Å²) in [6.07, 6.45) is 0.300. The van der Waals surface area contributed by atoms with Crippen LogP contribution in [0.15, 0.2) is 42.5 Å². The molecule has 0 radical (unpaired) electrons. The summed E-state index contributed by atoms with van der Waals surface area (Å²) in [4.78, 5) is 25.0. The molecule has 144 valence electrons. The molecule has 7 nitrogen and oxygen atoms in total. The molecule has 1 N–H and O–H groups in total. The first kappa shape index (κ1) is 20.1. The average Bonchev–Trinajstić information content (AvgIpc) is 2.72. The molecule has 0 bridgehead atoms. The second-order valence-electron chi connectivity index (χ2n) is 5.65. The third-order valence-electron chi connectivity index (χ3n) is 4.02. The molecular formula is C20H23NO6. The van der Waals surface area contributed by atoms with Gasteiger partial charge in [0.1, 0.15) is 11.8 Å². The summed E-state index contributed by atoms with van der Waals surface area (Å²) in [5.74, 6) is 0.0834. The van der Waals surface area contributed by atoms with E-state index >= 15 is 0 Å². The van der Waals surface area contributed by atoms with Crippen molar-refractivity contribution in [2.45, 2.75) is 12.5 Å². The molecule has 0 aliphatic heterocycles. The summed E-state index contributed by atoms with van der Waals surface area (Å²) < 4.78 is 20.6. The lowest BCUT2D eigenvalue weighted by Crippen LogP contribution is -2.43.